The zero-order chi connectivity index (χ0) is 67.5. The fourth-order valence-corrected chi connectivity index (χ4v) is 13.4. The first-order valence-corrected chi connectivity index (χ1v) is 42.9. The molecular weight excluding hydrogens is 1200 g/mol. The number of unbranched alkanes of at least 4 members (excludes halogenated alkanes) is 48. The molecule has 0 aliphatic heterocycles. The molecule has 0 radical (unpaired) electrons. The summed E-state index contributed by atoms with van der Waals surface area (Å²) in [6.07, 6.45) is 60.7. The molecule has 0 aliphatic carbocycles. The van der Waals surface area contributed by atoms with Gasteiger partial charge in [-0.2, -0.15) is 0 Å². The van der Waals surface area contributed by atoms with Crippen molar-refractivity contribution < 1.29 is 65.7 Å². The van der Waals surface area contributed by atoms with Gasteiger partial charge < -0.3 is 42.7 Å². The van der Waals surface area contributed by atoms with Crippen LogP contribution in [-0.4, -0.2) is 100 Å². The molecule has 92 heavy (non-hydrogen) atoms. The molecule has 2 N–H and O–H groups in total. The lowest BCUT2D eigenvalue weighted by atomic mass is 10.0. The van der Waals surface area contributed by atoms with E-state index < -0.39 is 58.6 Å². The lowest BCUT2D eigenvalue weighted by Crippen LogP contribution is -2.41. The molecule has 5 atom stereocenters. The summed E-state index contributed by atoms with van der Waals surface area (Å²) in [4.78, 5) is 52.0. The van der Waals surface area contributed by atoms with E-state index in [9.17, 15) is 33.4 Å². The maximum absolute atomic E-state index is 13.6. The molecule has 0 saturated carbocycles. The van der Waals surface area contributed by atoms with Crippen LogP contribution in [0.25, 0.3) is 0 Å². The van der Waals surface area contributed by atoms with E-state index in [-0.39, 0.29) is 57.6 Å². The normalized spacial score (nSPS) is 13.9. The van der Waals surface area contributed by atoms with E-state index in [1.807, 2.05) is 0 Å². The summed E-state index contributed by atoms with van der Waals surface area (Å²) >= 11 is 0. The van der Waals surface area contributed by atoms with Crippen LogP contribution in [0.2, 0.25) is 0 Å². The number of aliphatic hydroxyl groups excluding tert-OH is 1. The van der Waals surface area contributed by atoms with Gasteiger partial charge in [-0.3, -0.25) is 28.3 Å². The summed E-state index contributed by atoms with van der Waals surface area (Å²) < 4.78 is 66.4. The Labute approximate surface area is 565 Å². The Morgan fingerprint density at radius 3 is 0.848 bits per heavy atom. The number of aliphatic hydroxyl groups is 1. The van der Waals surface area contributed by atoms with E-state index >= 15 is 0 Å². The molecule has 0 saturated heterocycles. The molecule has 1 amide bonds. The number of hydrogen-bond acceptors (Lipinski definition) is 14. The lowest BCUT2D eigenvalue weighted by molar-refractivity contribution is -0.161. The van der Waals surface area contributed by atoms with Crippen molar-refractivity contribution in [2.24, 2.45) is 0 Å². The minimum absolute atomic E-state index is 0.161. The molecule has 546 valence electrons. The van der Waals surface area contributed by atoms with Gasteiger partial charge in [0.05, 0.1) is 32.5 Å². The molecule has 0 fully saturated rings. The Hall–Kier alpha value is -1.86. The Morgan fingerprint density at radius 2 is 0.543 bits per heavy atom. The summed E-state index contributed by atoms with van der Waals surface area (Å²) in [5.74, 6) is -1.44. The van der Waals surface area contributed by atoms with Crippen LogP contribution >= 0.6 is 15.2 Å². The maximum atomic E-state index is 13.6. The third kappa shape index (κ3) is 66.7. The van der Waals surface area contributed by atoms with Gasteiger partial charge in [-0.15, -0.1) is 0 Å². The first kappa shape index (κ1) is 90.1. The van der Waals surface area contributed by atoms with Gasteiger partial charge in [-0.25, -0.2) is 0 Å². The van der Waals surface area contributed by atoms with Crippen LogP contribution in [0.3, 0.4) is 0 Å². The summed E-state index contributed by atoms with van der Waals surface area (Å²) in [5.41, 5.74) is 0. The molecule has 15 nitrogen and oxygen atoms in total. The standard InChI is InChI=1S/C75H147NO14P2/c1-7-11-15-19-23-27-31-35-39-43-47-51-55-59-72(78)76-69(63-84-73(79)60-56-52-48-44-40-36-32-28-24-20-16-12-8-2)64-86-91(5,82)87-65-70(77)66-88-92(6,83)89-68-71(90-75(81)62-58-54-50-46-42-38-34-30-26-22-18-14-10-4)67-85-74(80)61-57-53-49-45-41-37-33-29-25-21-17-13-9-3/h69-71,77H,7-68H2,1-6H3,(H,76,78). The highest BCUT2D eigenvalue weighted by molar-refractivity contribution is 7.53. The average Bonchev–Trinajstić information content (AvgIpc) is 3.45. The van der Waals surface area contributed by atoms with Crippen LogP contribution in [0.5, 0.6) is 0 Å². The topological polar surface area (TPSA) is 199 Å². The summed E-state index contributed by atoms with van der Waals surface area (Å²) in [6.45, 7) is 9.35. The van der Waals surface area contributed by atoms with E-state index in [0.717, 1.165) is 89.9 Å². The van der Waals surface area contributed by atoms with Gasteiger partial charge in [0.25, 0.3) is 0 Å². The monoisotopic (exact) mass is 1350 g/mol. The van der Waals surface area contributed by atoms with Crippen molar-refractivity contribution in [2.75, 3.05) is 53.0 Å². The largest absolute Gasteiger partial charge is 0.463 e. The fourth-order valence-electron chi connectivity index (χ4n) is 11.5. The van der Waals surface area contributed by atoms with Gasteiger partial charge in [-0.05, 0) is 25.7 Å². The number of carbonyl (C=O) groups excluding carboxylic acids is 4. The summed E-state index contributed by atoms with van der Waals surface area (Å²) in [7, 11) is -7.73. The smallest absolute Gasteiger partial charge is 0.327 e. The predicted molar refractivity (Wildman–Crippen MR) is 382 cm³/mol. The van der Waals surface area contributed by atoms with E-state index in [4.69, 9.17) is 32.3 Å². The number of ether oxygens (including phenoxy) is 3. The van der Waals surface area contributed by atoms with Gasteiger partial charge in [0.2, 0.25) is 5.91 Å². The van der Waals surface area contributed by atoms with Gasteiger partial charge in [0.15, 0.2) is 6.10 Å². The minimum Gasteiger partial charge on any atom is -0.463 e. The van der Waals surface area contributed by atoms with Crippen molar-refractivity contribution in [3.8, 4) is 0 Å². The van der Waals surface area contributed by atoms with E-state index in [0.29, 0.717) is 19.3 Å². The SMILES string of the molecule is CCCCCCCCCCCCCCCC(=O)NC(COC(=O)CCCCCCCCCCCCCCC)COP(C)(=O)OCC(O)COP(C)(=O)OCC(COC(=O)CCCCCCCCCCCCCCC)OC(=O)CCCCCCCCCCCCCCC. The maximum Gasteiger partial charge on any atom is 0.327 e. The second-order valence-electron chi connectivity index (χ2n) is 27.1. The Morgan fingerprint density at radius 1 is 0.304 bits per heavy atom. The van der Waals surface area contributed by atoms with E-state index in [1.165, 1.54) is 244 Å². The van der Waals surface area contributed by atoms with Crippen LogP contribution in [0.15, 0.2) is 0 Å². The zero-order valence-electron chi connectivity index (χ0n) is 60.7. The summed E-state index contributed by atoms with van der Waals surface area (Å²) in [6, 6.07) is -0.789. The van der Waals surface area contributed by atoms with Crippen LogP contribution in [0.1, 0.15) is 387 Å². The number of carbonyl (C=O) groups is 4. The number of rotatable bonds is 74. The van der Waals surface area contributed by atoms with Crippen molar-refractivity contribution in [3.05, 3.63) is 0 Å². The third-order valence-corrected chi connectivity index (χ3v) is 20.0. The predicted octanol–water partition coefficient (Wildman–Crippen LogP) is 22.5. The van der Waals surface area contributed by atoms with E-state index in [1.54, 1.807) is 0 Å². The number of esters is 3. The van der Waals surface area contributed by atoms with E-state index in [2.05, 4.69) is 33.0 Å². The van der Waals surface area contributed by atoms with Gasteiger partial charge in [0, 0.05) is 39.0 Å². The van der Waals surface area contributed by atoms with Gasteiger partial charge in [-0.1, -0.05) is 336 Å². The van der Waals surface area contributed by atoms with Crippen molar-refractivity contribution in [1.29, 1.82) is 0 Å². The molecule has 17 heteroatoms. The zero-order valence-corrected chi connectivity index (χ0v) is 62.5. The highest BCUT2D eigenvalue weighted by Gasteiger charge is 2.27. The highest BCUT2D eigenvalue weighted by Crippen LogP contribution is 2.46. The quantitative estimate of drug-likeness (QED) is 0.0252. The summed E-state index contributed by atoms with van der Waals surface area (Å²) in [5, 5.41) is 13.8. The Kier molecular flexibility index (Phi) is 66.3. The van der Waals surface area contributed by atoms with Gasteiger partial charge in [0.1, 0.15) is 19.3 Å². The Bertz CT molecular complexity index is 1640. The van der Waals surface area contributed by atoms with Crippen molar-refractivity contribution >= 4 is 39.0 Å². The first-order valence-electron chi connectivity index (χ1n) is 38.9. The second-order valence-corrected chi connectivity index (χ2v) is 31.2. The van der Waals surface area contributed by atoms with Crippen LogP contribution in [0.4, 0.5) is 0 Å². The van der Waals surface area contributed by atoms with Crippen LogP contribution < -0.4 is 5.32 Å². The van der Waals surface area contributed by atoms with Crippen molar-refractivity contribution in [3.63, 3.8) is 0 Å². The molecule has 0 heterocycles. The average molecular weight is 1350 g/mol. The number of hydrogen-bond donors (Lipinski definition) is 2. The van der Waals surface area contributed by atoms with Crippen molar-refractivity contribution in [2.45, 2.75) is 406 Å². The Balaban J connectivity index is 5.25. The molecular formula is C75H147NO14P2. The fraction of sp³-hybridized carbons (Fsp3) is 0.947. The third-order valence-electron chi connectivity index (χ3n) is 17.5. The molecule has 5 unspecified atom stereocenters. The molecule has 0 aromatic rings. The lowest BCUT2D eigenvalue weighted by Gasteiger charge is -2.23. The minimum atomic E-state index is -3.88. The van der Waals surface area contributed by atoms with Crippen molar-refractivity contribution in [1.82, 2.24) is 5.32 Å². The molecule has 0 bridgehead atoms. The molecule has 0 rings (SSSR count). The van der Waals surface area contributed by atoms with Gasteiger partial charge >= 0.3 is 33.1 Å². The number of amides is 1. The number of nitrogens with one attached hydrogen (secondary N) is 1. The van der Waals surface area contributed by atoms with Crippen LogP contribution in [0, 0.1) is 0 Å². The first-order chi connectivity index (χ1) is 44.7. The van der Waals surface area contributed by atoms with Crippen LogP contribution in [-0.2, 0) is 60.6 Å². The molecule has 0 aliphatic rings. The highest BCUT2D eigenvalue weighted by atomic mass is 31.2. The molecule has 0 aromatic heterocycles. The second kappa shape index (κ2) is 67.7. The molecule has 0 aromatic carbocycles. The molecule has 0 spiro atoms.